The quantitative estimate of drug-likeness (QED) is 0.752. The van der Waals surface area contributed by atoms with E-state index in [2.05, 4.69) is 0 Å². The minimum Gasteiger partial charge on any atom is -0.476 e. The Morgan fingerprint density at radius 1 is 1.16 bits per heavy atom. The lowest BCUT2D eigenvalue weighted by Gasteiger charge is -2.17. The molecule has 0 bridgehead atoms. The zero-order valence-corrected chi connectivity index (χ0v) is 14.3. The Kier molecular flexibility index (Phi) is 4.76. The van der Waals surface area contributed by atoms with Gasteiger partial charge in [0.05, 0.1) is 5.39 Å². The van der Waals surface area contributed by atoms with Gasteiger partial charge >= 0.3 is 5.97 Å². The van der Waals surface area contributed by atoms with Crippen LogP contribution in [-0.2, 0) is 0 Å². The van der Waals surface area contributed by atoms with Crippen molar-refractivity contribution in [2.75, 3.05) is 6.61 Å². The van der Waals surface area contributed by atoms with Crippen molar-refractivity contribution in [1.82, 2.24) is 4.73 Å². The van der Waals surface area contributed by atoms with Gasteiger partial charge < -0.3 is 9.94 Å². The van der Waals surface area contributed by atoms with E-state index in [1.807, 2.05) is 13.0 Å². The average Bonchev–Trinajstić information content (AvgIpc) is 2.61. The summed E-state index contributed by atoms with van der Waals surface area (Å²) in [4.78, 5) is 30.2. The summed E-state index contributed by atoms with van der Waals surface area (Å²) in [5.74, 6) is -1.24. The maximum absolute atomic E-state index is 12.8. The molecule has 0 radical (unpaired) electrons. The third kappa shape index (κ3) is 3.10. The van der Waals surface area contributed by atoms with Crippen LogP contribution in [0.1, 0.15) is 23.8 Å². The number of aromatic carboxylic acids is 1. The van der Waals surface area contributed by atoms with E-state index in [1.54, 1.807) is 42.5 Å². The van der Waals surface area contributed by atoms with Crippen LogP contribution in [-0.4, -0.2) is 22.4 Å². The number of carbonyl (C=O) groups is 1. The standard InChI is InChI=1S/C19H16ClNO4/c1-2-10-25-21-17(19(23)24)16(12-6-4-3-5-7-12)15-11-13(20)8-9-14(15)18(21)22/h3-9,11H,2,10H2,1H3,(H,23,24). The number of hydrogen-bond acceptors (Lipinski definition) is 3. The van der Waals surface area contributed by atoms with Crippen molar-refractivity contribution in [2.24, 2.45) is 0 Å². The van der Waals surface area contributed by atoms with Crippen molar-refractivity contribution < 1.29 is 14.7 Å². The number of halogens is 1. The van der Waals surface area contributed by atoms with Gasteiger partial charge in [-0.25, -0.2) is 4.79 Å². The van der Waals surface area contributed by atoms with Crippen molar-refractivity contribution in [3.63, 3.8) is 0 Å². The molecule has 0 aliphatic heterocycles. The fourth-order valence-electron chi connectivity index (χ4n) is 2.75. The summed E-state index contributed by atoms with van der Waals surface area (Å²) < 4.78 is 0.879. The Morgan fingerprint density at radius 2 is 1.88 bits per heavy atom. The van der Waals surface area contributed by atoms with Gasteiger partial charge in [0.25, 0.3) is 5.56 Å². The largest absolute Gasteiger partial charge is 0.476 e. The van der Waals surface area contributed by atoms with Gasteiger partial charge in [0.15, 0.2) is 5.69 Å². The highest BCUT2D eigenvalue weighted by Crippen LogP contribution is 2.32. The Labute approximate surface area is 149 Å². The summed E-state index contributed by atoms with van der Waals surface area (Å²) in [6.07, 6.45) is 0.644. The summed E-state index contributed by atoms with van der Waals surface area (Å²) in [7, 11) is 0. The highest BCUT2D eigenvalue weighted by Gasteiger charge is 2.24. The van der Waals surface area contributed by atoms with Gasteiger partial charge in [-0.1, -0.05) is 48.9 Å². The summed E-state index contributed by atoms with van der Waals surface area (Å²) in [6.45, 7) is 2.11. The Bertz CT molecular complexity index is 996. The van der Waals surface area contributed by atoms with Crippen LogP contribution in [0, 0.1) is 0 Å². The van der Waals surface area contributed by atoms with Gasteiger partial charge in [-0.2, -0.15) is 0 Å². The smallest absolute Gasteiger partial charge is 0.356 e. The summed E-state index contributed by atoms with van der Waals surface area (Å²) in [6, 6.07) is 13.8. The molecule has 3 aromatic rings. The monoisotopic (exact) mass is 357 g/mol. The first-order valence-electron chi connectivity index (χ1n) is 7.85. The predicted molar refractivity (Wildman–Crippen MR) is 97.4 cm³/mol. The minimum atomic E-state index is -1.24. The molecule has 0 fully saturated rings. The molecule has 3 rings (SSSR count). The third-order valence-corrected chi connectivity index (χ3v) is 4.03. The molecule has 0 spiro atoms. The zero-order valence-electron chi connectivity index (χ0n) is 13.5. The molecule has 1 N–H and O–H groups in total. The van der Waals surface area contributed by atoms with E-state index in [4.69, 9.17) is 16.4 Å². The molecular weight excluding hydrogens is 342 g/mol. The molecule has 0 unspecified atom stereocenters. The third-order valence-electron chi connectivity index (χ3n) is 3.80. The van der Waals surface area contributed by atoms with Crippen molar-refractivity contribution in [2.45, 2.75) is 13.3 Å². The molecule has 0 saturated carbocycles. The fourth-order valence-corrected chi connectivity index (χ4v) is 2.92. The van der Waals surface area contributed by atoms with E-state index in [-0.39, 0.29) is 12.3 Å². The lowest BCUT2D eigenvalue weighted by Crippen LogP contribution is -2.33. The van der Waals surface area contributed by atoms with E-state index in [1.165, 1.54) is 0 Å². The van der Waals surface area contributed by atoms with Crippen LogP contribution >= 0.6 is 11.6 Å². The van der Waals surface area contributed by atoms with E-state index in [0.717, 1.165) is 4.73 Å². The Balaban J connectivity index is 2.50. The zero-order chi connectivity index (χ0) is 18.0. The normalized spacial score (nSPS) is 10.8. The molecular formula is C19H16ClNO4. The maximum atomic E-state index is 12.8. The summed E-state index contributed by atoms with van der Waals surface area (Å²) >= 11 is 6.10. The second kappa shape index (κ2) is 6.99. The van der Waals surface area contributed by atoms with Gasteiger partial charge in [0, 0.05) is 10.6 Å². The van der Waals surface area contributed by atoms with E-state index in [0.29, 0.717) is 33.3 Å². The first kappa shape index (κ1) is 17.0. The number of fused-ring (bicyclic) bond motifs is 1. The summed E-state index contributed by atoms with van der Waals surface area (Å²) in [5, 5.41) is 11.0. The number of hydrogen-bond donors (Lipinski definition) is 1. The summed E-state index contributed by atoms with van der Waals surface area (Å²) in [5.41, 5.74) is 0.346. The van der Waals surface area contributed by atoms with E-state index in [9.17, 15) is 14.7 Å². The van der Waals surface area contributed by atoms with Crippen LogP contribution in [0.3, 0.4) is 0 Å². The lowest BCUT2D eigenvalue weighted by atomic mass is 9.97. The van der Waals surface area contributed by atoms with Crippen LogP contribution in [0.4, 0.5) is 0 Å². The highest BCUT2D eigenvalue weighted by molar-refractivity contribution is 6.31. The Hall–Kier alpha value is -2.79. The molecule has 2 aromatic carbocycles. The minimum absolute atomic E-state index is 0.209. The van der Waals surface area contributed by atoms with Crippen molar-refractivity contribution in [3.8, 4) is 11.1 Å². The van der Waals surface area contributed by atoms with Crippen molar-refractivity contribution in [1.29, 1.82) is 0 Å². The second-order valence-electron chi connectivity index (χ2n) is 5.52. The van der Waals surface area contributed by atoms with Crippen LogP contribution in [0.5, 0.6) is 0 Å². The number of pyridine rings is 1. The number of rotatable bonds is 5. The molecule has 0 aliphatic carbocycles. The first-order valence-corrected chi connectivity index (χ1v) is 8.22. The van der Waals surface area contributed by atoms with Crippen LogP contribution in [0.15, 0.2) is 53.3 Å². The number of benzene rings is 2. The molecule has 1 aromatic heterocycles. The number of nitrogens with zero attached hydrogens (tertiary/aromatic N) is 1. The molecule has 5 nitrogen and oxygen atoms in total. The molecule has 0 aliphatic rings. The van der Waals surface area contributed by atoms with Gasteiger partial charge in [-0.05, 0) is 35.6 Å². The molecule has 128 valence electrons. The first-order chi connectivity index (χ1) is 12.0. The van der Waals surface area contributed by atoms with E-state index >= 15 is 0 Å². The van der Waals surface area contributed by atoms with Gasteiger partial charge in [-0.3, -0.25) is 4.79 Å². The fraction of sp³-hybridized carbons (Fsp3) is 0.158. The maximum Gasteiger partial charge on any atom is 0.356 e. The molecule has 1 heterocycles. The Morgan fingerprint density at radius 3 is 2.52 bits per heavy atom. The highest BCUT2D eigenvalue weighted by atomic mass is 35.5. The molecule has 6 heteroatoms. The van der Waals surface area contributed by atoms with Crippen LogP contribution in [0.25, 0.3) is 21.9 Å². The molecule has 0 amide bonds. The molecule has 0 saturated heterocycles. The van der Waals surface area contributed by atoms with Crippen molar-refractivity contribution in [3.05, 3.63) is 69.6 Å². The van der Waals surface area contributed by atoms with E-state index < -0.39 is 11.5 Å². The second-order valence-corrected chi connectivity index (χ2v) is 5.95. The topological polar surface area (TPSA) is 68.5 Å². The molecule has 25 heavy (non-hydrogen) atoms. The molecule has 0 atom stereocenters. The number of aromatic nitrogens is 1. The predicted octanol–water partition coefficient (Wildman–Crippen LogP) is 3.86. The lowest BCUT2D eigenvalue weighted by molar-refractivity contribution is 0.0576. The number of carboxylic acids is 1. The number of carboxylic acid groups (broad SMARTS) is 1. The van der Waals surface area contributed by atoms with Crippen molar-refractivity contribution >= 4 is 28.3 Å². The average molecular weight is 358 g/mol. The van der Waals surface area contributed by atoms with Crippen LogP contribution in [0.2, 0.25) is 5.02 Å². The van der Waals surface area contributed by atoms with Gasteiger partial charge in [0.1, 0.15) is 6.61 Å². The van der Waals surface area contributed by atoms with Crippen LogP contribution < -0.4 is 10.4 Å². The SMILES string of the molecule is CCCOn1c(C(=O)O)c(-c2ccccc2)c2cc(Cl)ccc2c1=O. The van der Waals surface area contributed by atoms with Gasteiger partial charge in [-0.15, -0.1) is 4.73 Å². The van der Waals surface area contributed by atoms with Gasteiger partial charge in [0.2, 0.25) is 0 Å².